The van der Waals surface area contributed by atoms with Crippen LogP contribution in [-0.4, -0.2) is 17.9 Å². The van der Waals surface area contributed by atoms with E-state index >= 15 is 0 Å². The van der Waals surface area contributed by atoms with E-state index in [0.717, 1.165) is 12.8 Å². The van der Waals surface area contributed by atoms with Gasteiger partial charge >= 0.3 is 0 Å². The molecule has 5 heteroatoms. The number of hydrogen-bond donors (Lipinski definition) is 2. The fourth-order valence-corrected chi connectivity index (χ4v) is 1.89. The fourth-order valence-electron chi connectivity index (χ4n) is 1.89. The number of hydrogen-bond acceptors (Lipinski definition) is 3. The predicted molar refractivity (Wildman–Crippen MR) is 68.7 cm³/mol. The van der Waals surface area contributed by atoms with Gasteiger partial charge in [-0.2, -0.15) is 5.26 Å². The minimum Gasteiger partial charge on any atom is -0.368 e. The molecular weight excluding hydrogens is 242 g/mol. The summed E-state index contributed by atoms with van der Waals surface area (Å²) in [4.78, 5) is 23.1. The number of benzene rings is 1. The van der Waals surface area contributed by atoms with Crippen LogP contribution < -0.4 is 11.1 Å². The van der Waals surface area contributed by atoms with Gasteiger partial charge in [0, 0.05) is 12.3 Å². The highest BCUT2D eigenvalue weighted by molar-refractivity contribution is 5.88. The first-order chi connectivity index (χ1) is 9.11. The highest BCUT2D eigenvalue weighted by Gasteiger charge is 2.32. The summed E-state index contributed by atoms with van der Waals surface area (Å²) in [7, 11) is 0. The number of nitrogens with two attached hydrogens (primary N) is 1. The lowest BCUT2D eigenvalue weighted by Gasteiger charge is -2.16. The topological polar surface area (TPSA) is 96.0 Å². The van der Waals surface area contributed by atoms with Gasteiger partial charge in [-0.25, -0.2) is 0 Å². The van der Waals surface area contributed by atoms with Crippen LogP contribution in [0.2, 0.25) is 0 Å². The molecule has 0 heterocycles. The number of carbonyl (C=O) groups excluding carboxylic acids is 2. The molecule has 0 aliphatic heterocycles. The maximum atomic E-state index is 11.7. The highest BCUT2D eigenvalue weighted by Crippen LogP contribution is 2.29. The van der Waals surface area contributed by atoms with Gasteiger partial charge in [-0.1, -0.05) is 18.2 Å². The van der Waals surface area contributed by atoms with Gasteiger partial charge < -0.3 is 11.1 Å². The summed E-state index contributed by atoms with van der Waals surface area (Å²) < 4.78 is 0. The Morgan fingerprint density at radius 3 is 2.68 bits per heavy atom. The Morgan fingerprint density at radius 2 is 2.11 bits per heavy atom. The smallest absolute Gasteiger partial charge is 0.240 e. The molecule has 2 amide bonds. The summed E-state index contributed by atoms with van der Waals surface area (Å²) in [6.07, 6.45) is 1.98. The lowest BCUT2D eigenvalue weighted by atomic mass is 10.0. The third-order valence-corrected chi connectivity index (χ3v) is 3.17. The molecule has 0 saturated heterocycles. The molecule has 1 atom stereocenters. The van der Waals surface area contributed by atoms with Gasteiger partial charge in [-0.3, -0.25) is 9.59 Å². The summed E-state index contributed by atoms with van der Waals surface area (Å²) in [6.45, 7) is 0. The van der Waals surface area contributed by atoms with Crippen LogP contribution in [0.3, 0.4) is 0 Å². The molecule has 1 aliphatic rings. The number of nitrogens with one attached hydrogen (secondary N) is 1. The predicted octanol–water partition coefficient (Wildman–Crippen LogP) is 0.481. The van der Waals surface area contributed by atoms with Crippen molar-refractivity contribution in [2.24, 2.45) is 11.7 Å². The molecule has 0 radical (unpaired) electrons. The second kappa shape index (κ2) is 5.53. The van der Waals surface area contributed by atoms with Gasteiger partial charge in [-0.05, 0) is 24.5 Å². The Bertz CT molecular complexity index is 544. The van der Waals surface area contributed by atoms with Crippen LogP contribution in [0.4, 0.5) is 0 Å². The molecule has 5 nitrogen and oxygen atoms in total. The normalized spacial score (nSPS) is 15.3. The van der Waals surface area contributed by atoms with E-state index in [-0.39, 0.29) is 18.2 Å². The minimum absolute atomic E-state index is 0.0214. The Labute approximate surface area is 111 Å². The van der Waals surface area contributed by atoms with Gasteiger partial charge in [0.05, 0.1) is 11.6 Å². The number of carbonyl (C=O) groups is 2. The molecule has 1 aliphatic carbocycles. The quantitative estimate of drug-likeness (QED) is 0.803. The summed E-state index contributed by atoms with van der Waals surface area (Å²) >= 11 is 0. The van der Waals surface area contributed by atoms with E-state index in [1.54, 1.807) is 24.3 Å². The van der Waals surface area contributed by atoms with Crippen LogP contribution in [0.1, 0.15) is 24.0 Å². The van der Waals surface area contributed by atoms with Crippen molar-refractivity contribution in [2.75, 3.05) is 0 Å². The molecule has 2 rings (SSSR count). The van der Waals surface area contributed by atoms with Crippen LogP contribution in [-0.2, 0) is 16.0 Å². The van der Waals surface area contributed by atoms with Crippen molar-refractivity contribution in [1.29, 1.82) is 5.26 Å². The second-order valence-corrected chi connectivity index (χ2v) is 4.71. The molecule has 0 spiro atoms. The van der Waals surface area contributed by atoms with Gasteiger partial charge in [0.15, 0.2) is 0 Å². The monoisotopic (exact) mass is 257 g/mol. The zero-order valence-corrected chi connectivity index (χ0v) is 10.4. The first-order valence-corrected chi connectivity index (χ1v) is 6.19. The Kier molecular flexibility index (Phi) is 3.81. The number of amides is 2. The van der Waals surface area contributed by atoms with Crippen molar-refractivity contribution in [3.8, 4) is 6.07 Å². The molecule has 1 aromatic rings. The van der Waals surface area contributed by atoms with Gasteiger partial charge in [0.1, 0.15) is 6.04 Å². The van der Waals surface area contributed by atoms with E-state index in [1.807, 2.05) is 0 Å². The standard InChI is InChI=1S/C14H15N3O2/c15-8-11-4-2-1-3-10(11)7-12(13(16)18)17-14(19)9-5-6-9/h1-4,9,12H,5-7H2,(H2,16,18)(H,17,19)/t12-/m0/s1. The van der Waals surface area contributed by atoms with Gasteiger partial charge in [0.2, 0.25) is 11.8 Å². The zero-order valence-electron chi connectivity index (χ0n) is 10.4. The van der Waals surface area contributed by atoms with Crippen molar-refractivity contribution >= 4 is 11.8 Å². The summed E-state index contributed by atoms with van der Waals surface area (Å²) in [6, 6.07) is 8.28. The van der Waals surface area contributed by atoms with Crippen molar-refractivity contribution in [3.05, 3.63) is 35.4 Å². The van der Waals surface area contributed by atoms with E-state index in [1.165, 1.54) is 0 Å². The van der Waals surface area contributed by atoms with Crippen molar-refractivity contribution in [1.82, 2.24) is 5.32 Å². The van der Waals surface area contributed by atoms with Crippen LogP contribution in [0.5, 0.6) is 0 Å². The van der Waals surface area contributed by atoms with Gasteiger partial charge in [-0.15, -0.1) is 0 Å². The highest BCUT2D eigenvalue weighted by atomic mass is 16.2. The zero-order chi connectivity index (χ0) is 13.8. The molecule has 1 fully saturated rings. The largest absolute Gasteiger partial charge is 0.368 e. The number of nitrogens with zero attached hydrogens (tertiary/aromatic N) is 1. The molecule has 3 N–H and O–H groups in total. The number of primary amides is 1. The van der Waals surface area contributed by atoms with Crippen LogP contribution in [0.15, 0.2) is 24.3 Å². The van der Waals surface area contributed by atoms with E-state index in [9.17, 15) is 9.59 Å². The van der Waals surface area contributed by atoms with E-state index in [2.05, 4.69) is 11.4 Å². The summed E-state index contributed by atoms with van der Waals surface area (Å²) in [5.74, 6) is -0.687. The molecule has 98 valence electrons. The maximum absolute atomic E-state index is 11.7. The van der Waals surface area contributed by atoms with Crippen LogP contribution in [0, 0.1) is 17.2 Å². The fraction of sp³-hybridized carbons (Fsp3) is 0.357. The number of rotatable bonds is 5. The van der Waals surface area contributed by atoms with E-state index < -0.39 is 11.9 Å². The Balaban J connectivity index is 2.09. The Hall–Kier alpha value is -2.35. The van der Waals surface area contributed by atoms with Gasteiger partial charge in [0.25, 0.3) is 0 Å². The third-order valence-electron chi connectivity index (χ3n) is 3.17. The lowest BCUT2D eigenvalue weighted by molar-refractivity contribution is -0.128. The van der Waals surface area contributed by atoms with Crippen molar-refractivity contribution in [3.63, 3.8) is 0 Å². The van der Waals surface area contributed by atoms with Crippen LogP contribution >= 0.6 is 0 Å². The average molecular weight is 257 g/mol. The maximum Gasteiger partial charge on any atom is 0.240 e. The lowest BCUT2D eigenvalue weighted by Crippen LogP contribution is -2.46. The summed E-state index contributed by atoms with van der Waals surface area (Å²) in [5, 5.41) is 11.7. The molecule has 0 aromatic heterocycles. The SMILES string of the molecule is N#Cc1ccccc1C[C@H](NC(=O)C1CC1)C(N)=O. The minimum atomic E-state index is -0.761. The van der Waals surface area contributed by atoms with Crippen LogP contribution in [0.25, 0.3) is 0 Å². The molecule has 19 heavy (non-hydrogen) atoms. The first-order valence-electron chi connectivity index (χ1n) is 6.19. The van der Waals surface area contributed by atoms with E-state index in [0.29, 0.717) is 11.1 Å². The summed E-state index contributed by atoms with van der Waals surface area (Å²) in [5.41, 5.74) is 6.52. The number of nitriles is 1. The molecular formula is C14H15N3O2. The van der Waals surface area contributed by atoms with Crippen molar-refractivity contribution in [2.45, 2.75) is 25.3 Å². The van der Waals surface area contributed by atoms with E-state index in [4.69, 9.17) is 11.0 Å². The molecule has 0 bridgehead atoms. The molecule has 1 saturated carbocycles. The molecule has 0 unspecified atom stereocenters. The molecule has 1 aromatic carbocycles. The third kappa shape index (κ3) is 3.32. The Morgan fingerprint density at radius 1 is 1.42 bits per heavy atom. The second-order valence-electron chi connectivity index (χ2n) is 4.71. The first kappa shape index (κ1) is 13.1. The average Bonchev–Trinajstić information content (AvgIpc) is 3.22. The van der Waals surface area contributed by atoms with Crippen molar-refractivity contribution < 1.29 is 9.59 Å².